The molecular formula is C5H10N4O. The van der Waals surface area contributed by atoms with E-state index in [9.17, 15) is 0 Å². The molecule has 0 fully saturated rings. The van der Waals surface area contributed by atoms with Gasteiger partial charge >= 0.3 is 0 Å². The maximum absolute atomic E-state index is 8.58. The van der Waals surface area contributed by atoms with Crippen LogP contribution in [0, 0.1) is 6.92 Å². The van der Waals surface area contributed by atoms with Crippen LogP contribution < -0.4 is 5.73 Å². The molecule has 0 unspecified atom stereocenters. The average Bonchev–Trinajstić information content (AvgIpc) is 2.34. The van der Waals surface area contributed by atoms with Crippen molar-refractivity contribution in [3.05, 3.63) is 11.6 Å². The molecule has 0 aliphatic heterocycles. The van der Waals surface area contributed by atoms with Crippen LogP contribution >= 0.6 is 0 Å². The molecule has 1 rings (SSSR count). The summed E-state index contributed by atoms with van der Waals surface area (Å²) in [6.07, 6.45) is 0. The maximum Gasteiger partial charge on any atom is 0.169 e. The molecule has 1 atom stereocenters. The Bertz CT molecular complexity index is 209. The number of nitrogens with one attached hydrogen (secondary N) is 1. The molecule has 10 heavy (non-hydrogen) atoms. The third-order valence-electron chi connectivity index (χ3n) is 1.14. The minimum absolute atomic E-state index is 0.128. The summed E-state index contributed by atoms with van der Waals surface area (Å²) in [5.41, 5.74) is 5.41. The lowest BCUT2D eigenvalue weighted by Gasteiger charge is -1.99. The number of hydrogen-bond acceptors (Lipinski definition) is 4. The molecule has 5 heteroatoms. The highest BCUT2D eigenvalue weighted by Crippen LogP contribution is 2.00. The van der Waals surface area contributed by atoms with Gasteiger partial charge in [0.1, 0.15) is 5.82 Å². The lowest BCUT2D eigenvalue weighted by Crippen LogP contribution is -2.16. The third-order valence-corrected chi connectivity index (χ3v) is 1.14. The Labute approximate surface area is 58.3 Å². The second kappa shape index (κ2) is 2.76. The fraction of sp³-hybridized carbons (Fsp3) is 0.600. The Kier molecular flexibility index (Phi) is 1.98. The van der Waals surface area contributed by atoms with E-state index in [0.717, 1.165) is 0 Å². The monoisotopic (exact) mass is 142 g/mol. The summed E-state index contributed by atoms with van der Waals surface area (Å²) < 4.78 is 0. The summed E-state index contributed by atoms with van der Waals surface area (Å²) in [6.45, 7) is 1.65. The summed E-state index contributed by atoms with van der Waals surface area (Å²) in [6, 6.07) is -0.468. The number of hydrogen-bond donors (Lipinski definition) is 3. The molecule has 1 aromatic rings. The summed E-state index contributed by atoms with van der Waals surface area (Å²) >= 11 is 0. The highest BCUT2D eigenvalue weighted by atomic mass is 16.3. The van der Waals surface area contributed by atoms with E-state index in [4.69, 9.17) is 10.8 Å². The van der Waals surface area contributed by atoms with Gasteiger partial charge in [0, 0.05) is 0 Å². The van der Waals surface area contributed by atoms with Crippen molar-refractivity contribution in [2.24, 2.45) is 5.73 Å². The first kappa shape index (κ1) is 7.17. The standard InChI is InChI=1S/C5H10N4O/c1-3-7-5(9-8-3)4(6)2-10/h4,10H,2,6H2,1H3,(H,7,8,9)/t4-/m1/s1. The van der Waals surface area contributed by atoms with Gasteiger partial charge in [-0.2, -0.15) is 5.10 Å². The first-order valence-electron chi connectivity index (χ1n) is 2.99. The molecule has 5 nitrogen and oxygen atoms in total. The number of nitrogens with zero attached hydrogens (tertiary/aromatic N) is 2. The Morgan fingerprint density at radius 2 is 2.50 bits per heavy atom. The Hall–Kier alpha value is -0.940. The van der Waals surface area contributed by atoms with E-state index in [2.05, 4.69) is 15.2 Å². The predicted molar refractivity (Wildman–Crippen MR) is 35.1 cm³/mol. The molecule has 0 spiro atoms. The number of aromatic nitrogens is 3. The van der Waals surface area contributed by atoms with Crippen molar-refractivity contribution in [3.8, 4) is 0 Å². The van der Waals surface area contributed by atoms with Crippen LogP contribution in [0.25, 0.3) is 0 Å². The fourth-order valence-electron chi connectivity index (χ4n) is 0.607. The molecule has 0 amide bonds. The first-order chi connectivity index (χ1) is 4.74. The van der Waals surface area contributed by atoms with E-state index >= 15 is 0 Å². The van der Waals surface area contributed by atoms with Crippen molar-refractivity contribution in [2.45, 2.75) is 13.0 Å². The highest BCUT2D eigenvalue weighted by molar-refractivity contribution is 4.93. The lowest BCUT2D eigenvalue weighted by molar-refractivity contribution is 0.263. The van der Waals surface area contributed by atoms with Gasteiger partial charge in [-0.05, 0) is 6.92 Å². The van der Waals surface area contributed by atoms with E-state index in [1.54, 1.807) is 6.92 Å². The summed E-state index contributed by atoms with van der Waals surface area (Å²) in [7, 11) is 0. The zero-order valence-corrected chi connectivity index (χ0v) is 5.70. The molecule has 0 bridgehead atoms. The molecule has 0 aliphatic rings. The van der Waals surface area contributed by atoms with Crippen LogP contribution in [0.3, 0.4) is 0 Å². The molecule has 1 heterocycles. The number of aliphatic hydroxyl groups excluding tert-OH is 1. The van der Waals surface area contributed by atoms with Gasteiger partial charge < -0.3 is 10.8 Å². The van der Waals surface area contributed by atoms with Crippen LogP contribution in [0.15, 0.2) is 0 Å². The highest BCUT2D eigenvalue weighted by Gasteiger charge is 2.08. The molecule has 0 radical (unpaired) electrons. The quantitative estimate of drug-likeness (QED) is 0.499. The van der Waals surface area contributed by atoms with Crippen LogP contribution in [0.2, 0.25) is 0 Å². The zero-order chi connectivity index (χ0) is 7.56. The number of aryl methyl sites for hydroxylation is 1. The van der Waals surface area contributed by atoms with Crippen LogP contribution in [0.5, 0.6) is 0 Å². The van der Waals surface area contributed by atoms with E-state index < -0.39 is 6.04 Å². The SMILES string of the molecule is Cc1nc([C@H](N)CO)n[nH]1. The maximum atomic E-state index is 8.58. The molecule has 0 aliphatic carbocycles. The van der Waals surface area contributed by atoms with Crippen molar-refractivity contribution in [1.82, 2.24) is 15.2 Å². The molecule has 0 aromatic carbocycles. The van der Waals surface area contributed by atoms with Gasteiger partial charge in [-0.15, -0.1) is 0 Å². The van der Waals surface area contributed by atoms with Crippen molar-refractivity contribution >= 4 is 0 Å². The van der Waals surface area contributed by atoms with Crippen LogP contribution in [0.1, 0.15) is 17.7 Å². The Morgan fingerprint density at radius 3 is 2.90 bits per heavy atom. The molecule has 4 N–H and O–H groups in total. The zero-order valence-electron chi connectivity index (χ0n) is 5.70. The van der Waals surface area contributed by atoms with Crippen LogP contribution in [0.4, 0.5) is 0 Å². The van der Waals surface area contributed by atoms with Gasteiger partial charge in [0.2, 0.25) is 0 Å². The molecule has 1 aromatic heterocycles. The van der Waals surface area contributed by atoms with Gasteiger partial charge in [-0.1, -0.05) is 0 Å². The summed E-state index contributed by atoms with van der Waals surface area (Å²) in [4.78, 5) is 3.93. The van der Waals surface area contributed by atoms with Crippen molar-refractivity contribution in [2.75, 3.05) is 6.61 Å². The average molecular weight is 142 g/mol. The number of aromatic amines is 1. The second-order valence-corrected chi connectivity index (χ2v) is 2.07. The van der Waals surface area contributed by atoms with E-state index in [0.29, 0.717) is 11.6 Å². The van der Waals surface area contributed by atoms with Crippen molar-refractivity contribution in [3.63, 3.8) is 0 Å². The van der Waals surface area contributed by atoms with Gasteiger partial charge in [0.05, 0.1) is 12.6 Å². The van der Waals surface area contributed by atoms with E-state index in [1.807, 2.05) is 0 Å². The minimum Gasteiger partial charge on any atom is -0.394 e. The Morgan fingerprint density at radius 1 is 1.80 bits per heavy atom. The van der Waals surface area contributed by atoms with Crippen molar-refractivity contribution in [1.29, 1.82) is 0 Å². The van der Waals surface area contributed by atoms with Gasteiger partial charge in [0.15, 0.2) is 5.82 Å². The number of rotatable bonds is 2. The van der Waals surface area contributed by atoms with Crippen LogP contribution in [-0.4, -0.2) is 26.9 Å². The van der Waals surface area contributed by atoms with Crippen LogP contribution in [-0.2, 0) is 0 Å². The predicted octanol–water partition coefficient (Wildman–Crippen LogP) is -0.895. The van der Waals surface area contributed by atoms with Gasteiger partial charge in [0.25, 0.3) is 0 Å². The smallest absolute Gasteiger partial charge is 0.169 e. The number of aliphatic hydroxyl groups is 1. The topological polar surface area (TPSA) is 87.8 Å². The lowest BCUT2D eigenvalue weighted by atomic mass is 10.3. The van der Waals surface area contributed by atoms with Crippen molar-refractivity contribution < 1.29 is 5.11 Å². The fourth-order valence-corrected chi connectivity index (χ4v) is 0.607. The van der Waals surface area contributed by atoms with E-state index in [-0.39, 0.29) is 6.61 Å². The minimum atomic E-state index is -0.468. The Balaban J connectivity index is 2.74. The summed E-state index contributed by atoms with van der Waals surface area (Å²) in [5.74, 6) is 1.17. The molecule has 0 saturated heterocycles. The third kappa shape index (κ3) is 1.31. The normalized spacial score (nSPS) is 13.5. The van der Waals surface area contributed by atoms with E-state index in [1.165, 1.54) is 0 Å². The first-order valence-corrected chi connectivity index (χ1v) is 2.99. The second-order valence-electron chi connectivity index (χ2n) is 2.07. The number of nitrogens with two attached hydrogens (primary N) is 1. The van der Waals surface area contributed by atoms with Gasteiger partial charge in [-0.3, -0.25) is 5.10 Å². The molecular weight excluding hydrogens is 132 g/mol. The number of H-pyrrole nitrogens is 1. The summed E-state index contributed by atoms with van der Waals surface area (Å²) in [5, 5.41) is 15.0. The van der Waals surface area contributed by atoms with Gasteiger partial charge in [-0.25, -0.2) is 4.98 Å². The molecule has 0 saturated carbocycles. The largest absolute Gasteiger partial charge is 0.394 e. The molecule has 56 valence electrons.